The molecule has 0 amide bonds. The van der Waals surface area contributed by atoms with Gasteiger partial charge in [-0.2, -0.15) is 0 Å². The lowest BCUT2D eigenvalue weighted by atomic mass is 9.84. The topological polar surface area (TPSA) is 21.6 Å². The van der Waals surface area contributed by atoms with E-state index in [0.29, 0.717) is 0 Å². The highest BCUT2D eigenvalue weighted by Gasteiger charge is 2.42. The summed E-state index contributed by atoms with van der Waals surface area (Å²) < 4.78 is 5.99. The first-order valence-electron chi connectivity index (χ1n) is 7.01. The lowest BCUT2D eigenvalue weighted by molar-refractivity contribution is 0.144. The average Bonchev–Trinajstić information content (AvgIpc) is 2.76. The van der Waals surface area contributed by atoms with E-state index in [4.69, 9.17) is 9.73 Å². The van der Waals surface area contributed by atoms with Crippen molar-refractivity contribution in [3.05, 3.63) is 71.8 Å². The molecule has 2 nitrogen and oxygen atoms in total. The fourth-order valence-corrected chi connectivity index (χ4v) is 2.84. The third kappa shape index (κ3) is 2.34. The van der Waals surface area contributed by atoms with Crippen molar-refractivity contribution in [1.29, 1.82) is 0 Å². The van der Waals surface area contributed by atoms with Crippen LogP contribution in [0.2, 0.25) is 0 Å². The van der Waals surface area contributed by atoms with Crippen LogP contribution >= 0.6 is 0 Å². The van der Waals surface area contributed by atoms with E-state index in [9.17, 15) is 0 Å². The minimum Gasteiger partial charge on any atom is -0.475 e. The van der Waals surface area contributed by atoms with Gasteiger partial charge in [0.1, 0.15) is 11.6 Å². The van der Waals surface area contributed by atoms with Crippen LogP contribution in [-0.4, -0.2) is 12.0 Å². The highest BCUT2D eigenvalue weighted by atomic mass is 16.5. The molecule has 0 N–H and O–H groups in total. The van der Waals surface area contributed by atoms with Crippen molar-refractivity contribution in [2.45, 2.75) is 31.9 Å². The second-order valence-electron chi connectivity index (χ2n) is 5.44. The molecule has 2 aromatic carbocycles. The third-order valence-corrected chi connectivity index (χ3v) is 3.95. The second-order valence-corrected chi connectivity index (χ2v) is 5.44. The van der Waals surface area contributed by atoms with Crippen LogP contribution in [0.1, 0.15) is 25.0 Å². The Balaban J connectivity index is 1.91. The molecule has 0 bridgehead atoms. The smallest absolute Gasteiger partial charge is 0.181 e. The highest BCUT2D eigenvalue weighted by molar-refractivity contribution is 5.76. The first-order valence-corrected chi connectivity index (χ1v) is 7.01. The molecule has 3 rings (SSSR count). The molecular weight excluding hydrogens is 246 g/mol. The van der Waals surface area contributed by atoms with Gasteiger partial charge >= 0.3 is 0 Å². The van der Waals surface area contributed by atoms with Crippen molar-refractivity contribution < 1.29 is 4.74 Å². The lowest BCUT2D eigenvalue weighted by Crippen LogP contribution is -2.34. The molecule has 2 atom stereocenters. The highest BCUT2D eigenvalue weighted by Crippen LogP contribution is 2.37. The quantitative estimate of drug-likeness (QED) is 0.823. The summed E-state index contributed by atoms with van der Waals surface area (Å²) in [6.07, 6.45) is 0.917. The molecule has 0 radical (unpaired) electrons. The monoisotopic (exact) mass is 265 g/mol. The molecule has 1 aliphatic rings. The van der Waals surface area contributed by atoms with Gasteiger partial charge in [-0.25, -0.2) is 4.99 Å². The van der Waals surface area contributed by atoms with Crippen molar-refractivity contribution in [1.82, 2.24) is 0 Å². The number of benzene rings is 2. The van der Waals surface area contributed by atoms with Gasteiger partial charge in [0, 0.05) is 13.3 Å². The van der Waals surface area contributed by atoms with Crippen molar-refractivity contribution >= 4 is 5.90 Å². The maximum atomic E-state index is 5.99. The first-order chi connectivity index (χ1) is 9.68. The molecule has 0 saturated heterocycles. The molecule has 102 valence electrons. The van der Waals surface area contributed by atoms with Gasteiger partial charge in [0.25, 0.3) is 0 Å². The summed E-state index contributed by atoms with van der Waals surface area (Å²) in [5.41, 5.74) is 2.18. The van der Waals surface area contributed by atoms with E-state index in [-0.39, 0.29) is 11.6 Å². The molecule has 0 aromatic heterocycles. The van der Waals surface area contributed by atoms with E-state index in [1.54, 1.807) is 0 Å². The van der Waals surface area contributed by atoms with Crippen molar-refractivity contribution in [2.75, 3.05) is 0 Å². The predicted molar refractivity (Wildman–Crippen MR) is 81.9 cm³/mol. The van der Waals surface area contributed by atoms with Crippen LogP contribution in [0.3, 0.4) is 0 Å². The van der Waals surface area contributed by atoms with Crippen LogP contribution in [0, 0.1) is 0 Å². The Hall–Kier alpha value is -2.09. The maximum absolute atomic E-state index is 5.99. The number of hydrogen-bond donors (Lipinski definition) is 0. The molecule has 0 aliphatic carbocycles. The van der Waals surface area contributed by atoms with Gasteiger partial charge in [-0.15, -0.1) is 0 Å². The number of rotatable bonds is 3. The standard InChI is InChI=1S/C18H19NO/c1-14-19-18(2,16-11-7-4-8-12-16)17(20-14)13-15-9-5-3-6-10-15/h3-12,17H,13H2,1-2H3/t17-,18+/m0/s1. The summed E-state index contributed by atoms with van der Waals surface area (Å²) in [4.78, 5) is 4.76. The fourth-order valence-electron chi connectivity index (χ4n) is 2.84. The van der Waals surface area contributed by atoms with E-state index in [1.165, 1.54) is 11.1 Å². The van der Waals surface area contributed by atoms with Gasteiger partial charge < -0.3 is 4.74 Å². The Morgan fingerprint density at radius 1 is 1.00 bits per heavy atom. The number of hydrogen-bond acceptors (Lipinski definition) is 2. The first kappa shape index (κ1) is 12.9. The molecule has 1 aliphatic heterocycles. The minimum atomic E-state index is -0.304. The van der Waals surface area contributed by atoms with E-state index < -0.39 is 0 Å². The summed E-state index contributed by atoms with van der Waals surface area (Å²) in [5.74, 6) is 0.775. The minimum absolute atomic E-state index is 0.0484. The van der Waals surface area contributed by atoms with Gasteiger partial charge in [-0.3, -0.25) is 0 Å². The molecule has 2 aromatic rings. The number of aliphatic imine (C=N–C) groups is 1. The Labute approximate surface area is 120 Å². The Morgan fingerprint density at radius 3 is 2.25 bits per heavy atom. The van der Waals surface area contributed by atoms with Gasteiger partial charge in [-0.1, -0.05) is 60.7 Å². The van der Waals surface area contributed by atoms with Gasteiger partial charge in [0.15, 0.2) is 5.90 Å². The lowest BCUT2D eigenvalue weighted by Gasteiger charge is -2.28. The Kier molecular flexibility index (Phi) is 3.31. The molecule has 1 heterocycles. The van der Waals surface area contributed by atoms with Crippen LogP contribution in [0.4, 0.5) is 0 Å². The van der Waals surface area contributed by atoms with Crippen LogP contribution in [0.25, 0.3) is 0 Å². The van der Waals surface area contributed by atoms with E-state index in [0.717, 1.165) is 12.3 Å². The van der Waals surface area contributed by atoms with Crippen LogP contribution in [0.5, 0.6) is 0 Å². The fraction of sp³-hybridized carbons (Fsp3) is 0.278. The molecule has 20 heavy (non-hydrogen) atoms. The summed E-state index contributed by atoms with van der Waals surface area (Å²) >= 11 is 0. The Bertz CT molecular complexity index is 606. The van der Waals surface area contributed by atoms with Crippen LogP contribution in [-0.2, 0) is 16.7 Å². The maximum Gasteiger partial charge on any atom is 0.181 e. The van der Waals surface area contributed by atoms with Gasteiger partial charge in [0.2, 0.25) is 0 Å². The molecule has 0 spiro atoms. The van der Waals surface area contributed by atoms with Gasteiger partial charge in [0.05, 0.1) is 0 Å². The summed E-state index contributed by atoms with van der Waals surface area (Å²) in [7, 11) is 0. The summed E-state index contributed by atoms with van der Waals surface area (Å²) in [5, 5.41) is 0. The van der Waals surface area contributed by atoms with Gasteiger partial charge in [-0.05, 0) is 18.1 Å². The average molecular weight is 265 g/mol. The Morgan fingerprint density at radius 2 is 1.60 bits per heavy atom. The number of nitrogens with zero attached hydrogens (tertiary/aromatic N) is 1. The zero-order chi connectivity index (χ0) is 14.0. The van der Waals surface area contributed by atoms with E-state index in [2.05, 4.69) is 55.5 Å². The van der Waals surface area contributed by atoms with Crippen LogP contribution < -0.4 is 0 Å². The van der Waals surface area contributed by atoms with Crippen molar-refractivity contribution in [3.8, 4) is 0 Å². The summed E-state index contributed by atoms with van der Waals surface area (Å²) in [6, 6.07) is 20.9. The van der Waals surface area contributed by atoms with E-state index >= 15 is 0 Å². The predicted octanol–water partition coefficient (Wildman–Crippen LogP) is 3.96. The second kappa shape index (κ2) is 5.12. The zero-order valence-electron chi connectivity index (χ0n) is 11.9. The van der Waals surface area contributed by atoms with Crippen molar-refractivity contribution in [2.24, 2.45) is 4.99 Å². The summed E-state index contributed by atoms with van der Waals surface area (Å²) in [6.45, 7) is 4.10. The third-order valence-electron chi connectivity index (χ3n) is 3.95. The van der Waals surface area contributed by atoms with E-state index in [1.807, 2.05) is 19.1 Å². The number of ether oxygens (including phenoxy) is 1. The van der Waals surface area contributed by atoms with Crippen LogP contribution in [0.15, 0.2) is 65.7 Å². The molecule has 0 unspecified atom stereocenters. The molecule has 0 saturated carbocycles. The molecule has 0 fully saturated rings. The SMILES string of the molecule is CC1=N[C@](C)(c2ccccc2)[C@H](Cc2ccccc2)O1. The zero-order valence-corrected chi connectivity index (χ0v) is 11.9. The molecule has 2 heteroatoms. The molecular formula is C18H19NO. The van der Waals surface area contributed by atoms with Crippen molar-refractivity contribution in [3.63, 3.8) is 0 Å². The largest absolute Gasteiger partial charge is 0.475 e. The normalized spacial score (nSPS) is 25.1.